The molecule has 0 saturated carbocycles. The summed E-state index contributed by atoms with van der Waals surface area (Å²) in [6.45, 7) is 17.5. The summed E-state index contributed by atoms with van der Waals surface area (Å²) in [7, 11) is 1.62. The van der Waals surface area contributed by atoms with E-state index in [1.165, 1.54) is 5.57 Å². The molecule has 6 nitrogen and oxygen atoms in total. The van der Waals surface area contributed by atoms with Crippen LogP contribution in [0.2, 0.25) is 0 Å². The highest BCUT2D eigenvalue weighted by atomic mass is 16.5. The molecular weight excluding hydrogens is 456 g/mol. The Morgan fingerprint density at radius 3 is 1.61 bits per heavy atom. The molecule has 0 radical (unpaired) electrons. The van der Waals surface area contributed by atoms with E-state index in [2.05, 4.69) is 13.2 Å². The molecule has 36 heavy (non-hydrogen) atoms. The average Bonchev–Trinajstić information content (AvgIpc) is 2.85. The molecule has 0 amide bonds. The van der Waals surface area contributed by atoms with Crippen LogP contribution in [0.5, 0.6) is 23.0 Å². The number of carbonyl (C=O) groups is 2. The molecule has 0 aliphatic carbocycles. The summed E-state index contributed by atoms with van der Waals surface area (Å²) in [5, 5.41) is 0. The maximum atomic E-state index is 10.8. The number of aldehydes is 1. The fourth-order valence-corrected chi connectivity index (χ4v) is 2.43. The predicted molar refractivity (Wildman–Crippen MR) is 147 cm³/mol. The van der Waals surface area contributed by atoms with Crippen LogP contribution in [0.3, 0.4) is 0 Å². The van der Waals surface area contributed by atoms with Crippen LogP contribution in [0.15, 0.2) is 85.0 Å². The van der Waals surface area contributed by atoms with Crippen LogP contribution < -0.4 is 18.9 Å². The zero-order chi connectivity index (χ0) is 27.3. The molecule has 2 aromatic rings. The maximum absolute atomic E-state index is 10.8. The Morgan fingerprint density at radius 2 is 1.28 bits per heavy atom. The minimum absolute atomic E-state index is 0.355. The van der Waals surface area contributed by atoms with Crippen molar-refractivity contribution in [3.05, 3.63) is 85.0 Å². The van der Waals surface area contributed by atoms with E-state index in [0.717, 1.165) is 23.2 Å². The summed E-state index contributed by atoms with van der Waals surface area (Å²) >= 11 is 0. The third-order valence-corrected chi connectivity index (χ3v) is 3.95. The smallest absolute Gasteiger partial charge is 0.298 e. The number of ether oxygens (including phenoxy) is 4. The summed E-state index contributed by atoms with van der Waals surface area (Å²) in [4.78, 5) is 20.2. The highest BCUT2D eigenvalue weighted by molar-refractivity contribution is 5.79. The van der Waals surface area contributed by atoms with Crippen molar-refractivity contribution in [2.75, 3.05) is 20.3 Å². The molecule has 0 aliphatic heterocycles. The monoisotopic (exact) mass is 494 g/mol. The summed E-state index contributed by atoms with van der Waals surface area (Å²) in [5.74, 6) is 2.24. The van der Waals surface area contributed by atoms with Gasteiger partial charge in [-0.05, 0) is 57.9 Å². The maximum Gasteiger partial charge on any atom is 0.298 e. The molecule has 0 aromatic heterocycles. The molecular formula is C30H38O6. The van der Waals surface area contributed by atoms with Crippen LogP contribution in [0.1, 0.15) is 34.6 Å². The van der Waals surface area contributed by atoms with Gasteiger partial charge in [-0.1, -0.05) is 48.6 Å². The molecule has 2 rings (SSSR count). The Bertz CT molecular complexity index is 975. The lowest BCUT2D eigenvalue weighted by atomic mass is 10.0. The van der Waals surface area contributed by atoms with Gasteiger partial charge in [-0.2, -0.15) is 0 Å². The van der Waals surface area contributed by atoms with E-state index in [-0.39, 0.29) is 0 Å². The van der Waals surface area contributed by atoms with Crippen LogP contribution >= 0.6 is 0 Å². The van der Waals surface area contributed by atoms with Gasteiger partial charge >= 0.3 is 0 Å². The number of rotatable bonds is 11. The first-order valence-electron chi connectivity index (χ1n) is 11.4. The van der Waals surface area contributed by atoms with Crippen molar-refractivity contribution in [1.82, 2.24) is 0 Å². The lowest BCUT2D eigenvalue weighted by Gasteiger charge is -2.17. The summed E-state index contributed by atoms with van der Waals surface area (Å²) in [6, 6.07) is 11.0. The van der Waals surface area contributed by atoms with Gasteiger partial charge < -0.3 is 18.9 Å². The van der Waals surface area contributed by atoms with E-state index in [9.17, 15) is 9.59 Å². The van der Waals surface area contributed by atoms with Crippen molar-refractivity contribution >= 4 is 12.8 Å². The average molecular weight is 495 g/mol. The number of hydrogen-bond acceptors (Lipinski definition) is 6. The van der Waals surface area contributed by atoms with E-state index < -0.39 is 0 Å². The molecule has 0 N–H and O–H groups in total. The van der Waals surface area contributed by atoms with Crippen molar-refractivity contribution < 1.29 is 28.5 Å². The van der Waals surface area contributed by atoms with Crippen LogP contribution in [-0.2, 0) is 9.59 Å². The second-order valence-corrected chi connectivity index (χ2v) is 7.67. The van der Waals surface area contributed by atoms with E-state index in [1.54, 1.807) is 26.2 Å². The van der Waals surface area contributed by atoms with Crippen LogP contribution in [0, 0.1) is 0 Å². The van der Waals surface area contributed by atoms with Crippen molar-refractivity contribution in [3.8, 4) is 34.1 Å². The summed E-state index contributed by atoms with van der Waals surface area (Å²) in [5.41, 5.74) is 3.43. The zero-order valence-electron chi connectivity index (χ0n) is 22.2. The fraction of sp³-hybridized carbons (Fsp3) is 0.267. The molecule has 2 aromatic carbocycles. The highest BCUT2D eigenvalue weighted by Gasteiger charge is 2.17. The second-order valence-electron chi connectivity index (χ2n) is 7.67. The van der Waals surface area contributed by atoms with E-state index in [4.69, 9.17) is 18.9 Å². The molecule has 0 atom stereocenters. The second kappa shape index (κ2) is 19.3. The topological polar surface area (TPSA) is 71.1 Å². The van der Waals surface area contributed by atoms with E-state index in [0.29, 0.717) is 42.5 Å². The first-order valence-corrected chi connectivity index (χ1v) is 11.4. The molecule has 0 saturated heterocycles. The number of hydrogen-bond donors (Lipinski definition) is 0. The van der Waals surface area contributed by atoms with Crippen LogP contribution in [0.4, 0.5) is 0 Å². The first kappa shape index (κ1) is 31.9. The predicted octanol–water partition coefficient (Wildman–Crippen LogP) is 7.15. The van der Waals surface area contributed by atoms with Crippen molar-refractivity contribution in [3.63, 3.8) is 0 Å². The Morgan fingerprint density at radius 1 is 0.833 bits per heavy atom. The van der Waals surface area contributed by atoms with Gasteiger partial charge in [-0.3, -0.25) is 9.59 Å². The summed E-state index contributed by atoms with van der Waals surface area (Å²) < 4.78 is 22.1. The van der Waals surface area contributed by atoms with Crippen molar-refractivity contribution in [2.24, 2.45) is 0 Å². The minimum atomic E-state index is 0.355. The van der Waals surface area contributed by atoms with Gasteiger partial charge in [0.1, 0.15) is 42.5 Å². The quantitative estimate of drug-likeness (QED) is 0.188. The van der Waals surface area contributed by atoms with Crippen molar-refractivity contribution in [2.45, 2.75) is 34.6 Å². The Balaban J connectivity index is 0.00000117. The number of carbonyl (C=O) groups excluding carboxylic acids is 2. The molecule has 0 aliphatic rings. The molecule has 0 fully saturated rings. The SMILES string of the molecule is C/C=C/COc1cc(OC=O)cc(OC/C=C/C)c1-c1ccc(OC)cc1.C=C(C)C.C=C(C)C=O. The standard InChI is InChI=1S/C22H24O5.C4H6O.C4H8/c1-4-6-12-25-20-14-19(27-16-23)15-21(26-13-7-5-2)22(20)17-8-10-18(24-3)11-9-17;1-4(2)3-5;1-4(2)3/h4-11,14-16H,12-13H2,1-3H3;3H,1H2,2H3;1H2,2-3H3/b6-4+,7-5+;;. The lowest BCUT2D eigenvalue weighted by Crippen LogP contribution is -2.02. The van der Waals surface area contributed by atoms with Gasteiger partial charge in [0.05, 0.1) is 12.7 Å². The number of methoxy groups -OCH3 is 1. The third kappa shape index (κ3) is 13.6. The molecule has 0 spiro atoms. The van der Waals surface area contributed by atoms with E-state index >= 15 is 0 Å². The number of benzene rings is 2. The van der Waals surface area contributed by atoms with Gasteiger partial charge in [0.25, 0.3) is 6.47 Å². The van der Waals surface area contributed by atoms with Crippen LogP contribution in [-0.4, -0.2) is 33.1 Å². The fourth-order valence-electron chi connectivity index (χ4n) is 2.43. The zero-order valence-corrected chi connectivity index (χ0v) is 22.2. The first-order chi connectivity index (χ1) is 17.2. The van der Waals surface area contributed by atoms with Gasteiger partial charge in [-0.25, -0.2) is 0 Å². The van der Waals surface area contributed by atoms with Crippen molar-refractivity contribution in [1.29, 1.82) is 0 Å². The highest BCUT2D eigenvalue weighted by Crippen LogP contribution is 2.42. The molecule has 6 heteroatoms. The summed E-state index contributed by atoms with van der Waals surface area (Å²) in [6.07, 6.45) is 8.32. The normalized spacial score (nSPS) is 9.83. The molecule has 0 unspecified atom stereocenters. The molecule has 0 bridgehead atoms. The van der Waals surface area contributed by atoms with E-state index in [1.807, 2.05) is 76.3 Å². The third-order valence-electron chi connectivity index (χ3n) is 3.95. The van der Waals surface area contributed by atoms with Gasteiger partial charge in [0, 0.05) is 12.1 Å². The molecule has 0 heterocycles. The van der Waals surface area contributed by atoms with Gasteiger partial charge in [0.2, 0.25) is 0 Å². The van der Waals surface area contributed by atoms with Gasteiger partial charge in [0.15, 0.2) is 0 Å². The minimum Gasteiger partial charge on any atom is -0.497 e. The molecule has 194 valence electrons. The van der Waals surface area contributed by atoms with Gasteiger partial charge in [-0.15, -0.1) is 6.58 Å². The largest absolute Gasteiger partial charge is 0.497 e. The number of allylic oxidation sites excluding steroid dienone is 4. The Hall–Kier alpha value is -4.06. The lowest BCUT2D eigenvalue weighted by molar-refractivity contribution is -0.120. The Labute approximate surface area is 215 Å². The van der Waals surface area contributed by atoms with Crippen LogP contribution in [0.25, 0.3) is 11.1 Å². The Kier molecular flexibility index (Phi) is 17.1.